The van der Waals surface area contributed by atoms with Gasteiger partial charge in [-0.3, -0.25) is 0 Å². The van der Waals surface area contributed by atoms with E-state index in [4.69, 9.17) is 4.42 Å². The Balaban J connectivity index is 1.33. The van der Waals surface area contributed by atoms with Crippen molar-refractivity contribution in [2.24, 2.45) is 0 Å². The topological polar surface area (TPSA) is 13.1 Å². The minimum atomic E-state index is -0.0547. The number of furan rings is 1. The van der Waals surface area contributed by atoms with E-state index in [0.717, 1.165) is 65.4 Å². The van der Waals surface area contributed by atoms with E-state index >= 15 is 0 Å². The van der Waals surface area contributed by atoms with Crippen LogP contribution in [0.3, 0.4) is 0 Å². The normalized spacial score (nSPS) is 13.0. The molecular weight excluding hydrogens is 520 g/mol. The molecule has 1 nitrogen and oxygen atoms in total. The number of benzene rings is 8. The van der Waals surface area contributed by atoms with Gasteiger partial charge in [-0.1, -0.05) is 133 Å². The van der Waals surface area contributed by atoms with Crippen LogP contribution in [0.4, 0.5) is 0 Å². The van der Waals surface area contributed by atoms with Gasteiger partial charge in [-0.05, 0) is 90.0 Å². The van der Waals surface area contributed by atoms with Crippen molar-refractivity contribution in [3.8, 4) is 33.4 Å². The van der Waals surface area contributed by atoms with Crippen LogP contribution in [0.5, 0.6) is 0 Å². The van der Waals surface area contributed by atoms with Crippen LogP contribution in [0.15, 0.2) is 162 Å². The molecule has 0 aliphatic carbocycles. The smallest absolute Gasteiger partial charge is 0.136 e. The Morgan fingerprint density at radius 3 is 1.56 bits per heavy atom. The molecule has 0 unspecified atom stereocenters. The van der Waals surface area contributed by atoms with Crippen LogP contribution in [0.2, 0.25) is 0 Å². The van der Waals surface area contributed by atoms with Crippen molar-refractivity contribution in [1.82, 2.24) is 0 Å². The van der Waals surface area contributed by atoms with Gasteiger partial charge in [0, 0.05) is 10.8 Å². The second kappa shape index (κ2) is 9.44. The molecule has 8 aromatic carbocycles. The maximum atomic E-state index is 9.33. The molecule has 43 heavy (non-hydrogen) atoms. The van der Waals surface area contributed by atoms with E-state index in [1.807, 2.05) is 97.1 Å². The molecule has 200 valence electrons. The van der Waals surface area contributed by atoms with Crippen molar-refractivity contribution in [2.45, 2.75) is 0 Å². The van der Waals surface area contributed by atoms with E-state index in [-0.39, 0.29) is 24.2 Å². The van der Waals surface area contributed by atoms with Gasteiger partial charge in [-0.2, -0.15) is 0 Å². The summed E-state index contributed by atoms with van der Waals surface area (Å²) in [5.41, 5.74) is 5.66. The molecule has 1 heteroatoms. The lowest BCUT2D eigenvalue weighted by atomic mass is 9.85. The summed E-state index contributed by atoms with van der Waals surface area (Å²) >= 11 is 0. The molecule has 0 amide bonds. The van der Waals surface area contributed by atoms with Crippen LogP contribution in [-0.2, 0) is 0 Å². The highest BCUT2D eigenvalue weighted by molar-refractivity contribution is 6.22. The second-order valence-corrected chi connectivity index (χ2v) is 11.0. The van der Waals surface area contributed by atoms with Crippen molar-refractivity contribution in [3.63, 3.8) is 0 Å². The quantitative estimate of drug-likeness (QED) is 0.199. The molecule has 1 heterocycles. The predicted octanol–water partition coefficient (Wildman–Crippen LogP) is 12.0. The van der Waals surface area contributed by atoms with Crippen LogP contribution >= 0.6 is 0 Å². The summed E-state index contributed by atoms with van der Waals surface area (Å²) in [5.74, 6) is 0. The number of rotatable bonds is 3. The molecule has 0 saturated carbocycles. The minimum absolute atomic E-state index is 0.0520. The van der Waals surface area contributed by atoms with Gasteiger partial charge in [-0.15, -0.1) is 0 Å². The predicted molar refractivity (Wildman–Crippen MR) is 183 cm³/mol. The zero-order chi connectivity index (χ0) is 31.8. The Hall–Kier alpha value is -5.66. The summed E-state index contributed by atoms with van der Waals surface area (Å²) < 4.78 is 43.3. The lowest BCUT2D eigenvalue weighted by molar-refractivity contribution is 0.669. The monoisotopic (exact) mass is 550 g/mol. The SMILES string of the molecule is [2H]c1c([2H])c(-c2c3ccccc3c(-c3ccc4c(c3)oc3ccccc34)c3ccccc23)c([2H])c([2H])c1-c1ccc2ccccc2c1. The summed E-state index contributed by atoms with van der Waals surface area (Å²) in [6.45, 7) is 0. The van der Waals surface area contributed by atoms with Crippen LogP contribution in [0.1, 0.15) is 5.48 Å². The van der Waals surface area contributed by atoms with Gasteiger partial charge in [0.25, 0.3) is 0 Å². The molecule has 0 aliphatic rings. The first kappa shape index (κ1) is 20.3. The average molecular weight is 551 g/mol. The van der Waals surface area contributed by atoms with Crippen molar-refractivity contribution in [2.75, 3.05) is 0 Å². The van der Waals surface area contributed by atoms with E-state index in [2.05, 4.69) is 36.4 Å². The van der Waals surface area contributed by atoms with Gasteiger partial charge in [-0.25, -0.2) is 0 Å². The van der Waals surface area contributed by atoms with E-state index in [9.17, 15) is 5.48 Å². The third-order valence-electron chi connectivity index (χ3n) is 8.51. The van der Waals surface area contributed by atoms with E-state index in [1.54, 1.807) is 0 Å². The van der Waals surface area contributed by atoms with Crippen LogP contribution in [0, 0.1) is 0 Å². The lowest BCUT2D eigenvalue weighted by Gasteiger charge is -2.18. The maximum absolute atomic E-state index is 9.33. The van der Waals surface area contributed by atoms with Crippen LogP contribution < -0.4 is 0 Å². The minimum Gasteiger partial charge on any atom is -0.456 e. The van der Waals surface area contributed by atoms with E-state index in [0.29, 0.717) is 22.3 Å². The first-order chi connectivity index (χ1) is 23.0. The summed E-state index contributed by atoms with van der Waals surface area (Å²) in [4.78, 5) is 0. The van der Waals surface area contributed by atoms with E-state index in [1.165, 1.54) is 0 Å². The maximum Gasteiger partial charge on any atom is 0.136 e. The number of hydrogen-bond donors (Lipinski definition) is 0. The highest BCUT2D eigenvalue weighted by atomic mass is 16.3. The number of hydrogen-bond acceptors (Lipinski definition) is 1. The Bertz CT molecular complexity index is 2650. The lowest BCUT2D eigenvalue weighted by Crippen LogP contribution is -1.91. The highest BCUT2D eigenvalue weighted by Crippen LogP contribution is 2.45. The highest BCUT2D eigenvalue weighted by Gasteiger charge is 2.17. The van der Waals surface area contributed by atoms with Gasteiger partial charge in [0.15, 0.2) is 0 Å². The third kappa shape index (κ3) is 3.79. The zero-order valence-electron chi connectivity index (χ0n) is 27.1. The first-order valence-electron chi connectivity index (χ1n) is 16.4. The summed E-state index contributed by atoms with van der Waals surface area (Å²) in [6, 6.07) is 44.0. The fourth-order valence-electron chi connectivity index (χ4n) is 6.52. The van der Waals surface area contributed by atoms with Crippen LogP contribution in [-0.4, -0.2) is 0 Å². The summed E-state index contributed by atoms with van der Waals surface area (Å²) in [7, 11) is 0. The van der Waals surface area contributed by atoms with Crippen molar-refractivity contribution < 1.29 is 9.90 Å². The number of fused-ring (bicyclic) bond motifs is 6. The zero-order valence-corrected chi connectivity index (χ0v) is 23.1. The van der Waals surface area contributed by atoms with Crippen molar-refractivity contribution in [3.05, 3.63) is 158 Å². The average Bonchev–Trinajstić information content (AvgIpc) is 3.48. The molecule has 0 fully saturated rings. The van der Waals surface area contributed by atoms with Crippen molar-refractivity contribution in [1.29, 1.82) is 0 Å². The molecule has 0 aliphatic heterocycles. The fraction of sp³-hybridized carbons (Fsp3) is 0. The third-order valence-corrected chi connectivity index (χ3v) is 8.51. The first-order valence-corrected chi connectivity index (χ1v) is 14.4. The fourth-order valence-corrected chi connectivity index (χ4v) is 6.52. The van der Waals surface area contributed by atoms with Crippen molar-refractivity contribution >= 4 is 54.3 Å². The molecule has 0 bridgehead atoms. The molecule has 9 rings (SSSR count). The number of para-hydroxylation sites is 1. The molecule has 0 atom stereocenters. The molecule has 0 saturated heterocycles. The van der Waals surface area contributed by atoms with Gasteiger partial charge in [0.05, 0.1) is 5.48 Å². The van der Waals surface area contributed by atoms with Gasteiger partial charge in [0.1, 0.15) is 11.2 Å². The molecular formula is C42H26O. The van der Waals surface area contributed by atoms with Gasteiger partial charge >= 0.3 is 0 Å². The molecule has 1 aromatic heterocycles. The standard InChI is InChI=1S/C42H26O/c1-2-10-30-25-31(22-19-27(30)9-1)28-17-20-29(21-18-28)41-35-12-3-5-14-37(35)42(38-15-6-4-13-36(38)41)32-23-24-34-33-11-7-8-16-39(33)43-40(34)26-32/h1-26H/i17D,18D,20D,21D. The summed E-state index contributed by atoms with van der Waals surface area (Å²) in [5, 5.41) is 7.84. The molecule has 0 N–H and O–H groups in total. The Kier molecular flexibility index (Phi) is 4.45. The van der Waals surface area contributed by atoms with Crippen LogP contribution in [0.25, 0.3) is 87.6 Å². The Morgan fingerprint density at radius 2 is 0.860 bits per heavy atom. The summed E-state index contributed by atoms with van der Waals surface area (Å²) in [6.07, 6.45) is 0. The Labute approximate surface area is 254 Å². The second-order valence-electron chi connectivity index (χ2n) is 11.0. The van der Waals surface area contributed by atoms with E-state index < -0.39 is 0 Å². The van der Waals surface area contributed by atoms with Gasteiger partial charge < -0.3 is 4.42 Å². The molecule has 0 spiro atoms. The largest absolute Gasteiger partial charge is 0.456 e. The molecule has 0 radical (unpaired) electrons. The Morgan fingerprint density at radius 1 is 0.349 bits per heavy atom. The van der Waals surface area contributed by atoms with Gasteiger partial charge in [0.2, 0.25) is 0 Å². The molecule has 9 aromatic rings.